The lowest BCUT2D eigenvalue weighted by Gasteiger charge is -2.25. The standard InChI is InChI=1S/C16H20FNO3S2/c17-13-5-3-12(4-6-13)15-2-1-8-18(15)16(19)10-22-14-7-9-23(20,21)11-14/h3-6,14-15H,1-2,7-11H2. The molecule has 2 unspecified atom stereocenters. The van der Waals surface area contributed by atoms with E-state index >= 15 is 0 Å². The average molecular weight is 357 g/mol. The van der Waals surface area contributed by atoms with E-state index in [1.54, 1.807) is 12.1 Å². The Balaban J connectivity index is 1.59. The van der Waals surface area contributed by atoms with Crippen LogP contribution < -0.4 is 0 Å². The van der Waals surface area contributed by atoms with E-state index < -0.39 is 9.84 Å². The molecule has 0 aliphatic carbocycles. The Labute approximate surface area is 140 Å². The Hall–Kier alpha value is -1.08. The molecule has 1 aromatic carbocycles. The molecule has 2 aliphatic heterocycles. The Kier molecular flexibility index (Phi) is 4.96. The summed E-state index contributed by atoms with van der Waals surface area (Å²) in [5.74, 6) is 0.513. The van der Waals surface area contributed by atoms with Crippen molar-refractivity contribution >= 4 is 27.5 Å². The van der Waals surface area contributed by atoms with Crippen molar-refractivity contribution in [3.8, 4) is 0 Å². The number of carbonyl (C=O) groups excluding carboxylic acids is 1. The lowest BCUT2D eigenvalue weighted by atomic mass is 10.0. The minimum absolute atomic E-state index is 0.0102. The van der Waals surface area contributed by atoms with Gasteiger partial charge < -0.3 is 4.90 Å². The van der Waals surface area contributed by atoms with Crippen LogP contribution >= 0.6 is 11.8 Å². The largest absolute Gasteiger partial charge is 0.335 e. The Morgan fingerprint density at radius 1 is 1.26 bits per heavy atom. The fraction of sp³-hybridized carbons (Fsp3) is 0.562. The molecule has 126 valence electrons. The molecule has 3 rings (SSSR count). The van der Waals surface area contributed by atoms with Crippen LogP contribution in [0.4, 0.5) is 4.39 Å². The van der Waals surface area contributed by atoms with Gasteiger partial charge in [0, 0.05) is 11.8 Å². The molecule has 0 bridgehead atoms. The van der Waals surface area contributed by atoms with Crippen molar-refractivity contribution in [2.45, 2.75) is 30.6 Å². The van der Waals surface area contributed by atoms with E-state index in [2.05, 4.69) is 0 Å². The molecule has 0 aromatic heterocycles. The highest BCUT2D eigenvalue weighted by molar-refractivity contribution is 8.02. The lowest BCUT2D eigenvalue weighted by Crippen LogP contribution is -2.32. The maximum Gasteiger partial charge on any atom is 0.233 e. The number of rotatable bonds is 4. The minimum Gasteiger partial charge on any atom is -0.335 e. The van der Waals surface area contributed by atoms with Gasteiger partial charge in [0.1, 0.15) is 5.82 Å². The molecule has 2 atom stereocenters. The van der Waals surface area contributed by atoms with Crippen molar-refractivity contribution < 1.29 is 17.6 Å². The minimum atomic E-state index is -2.90. The topological polar surface area (TPSA) is 54.5 Å². The van der Waals surface area contributed by atoms with Gasteiger partial charge in [-0.05, 0) is 37.0 Å². The highest BCUT2D eigenvalue weighted by Gasteiger charge is 2.32. The predicted molar refractivity (Wildman–Crippen MR) is 89.6 cm³/mol. The summed E-state index contributed by atoms with van der Waals surface area (Å²) >= 11 is 1.45. The molecule has 2 saturated heterocycles. The van der Waals surface area contributed by atoms with Gasteiger partial charge >= 0.3 is 0 Å². The first-order chi connectivity index (χ1) is 10.9. The van der Waals surface area contributed by atoms with Gasteiger partial charge in [0.2, 0.25) is 5.91 Å². The highest BCUT2D eigenvalue weighted by atomic mass is 32.2. The first-order valence-corrected chi connectivity index (χ1v) is 10.7. The fourth-order valence-corrected chi connectivity index (χ4v) is 6.79. The van der Waals surface area contributed by atoms with E-state index in [9.17, 15) is 17.6 Å². The SMILES string of the molecule is O=C(CSC1CCS(=O)(=O)C1)N1CCCC1c1ccc(F)cc1. The molecule has 0 N–H and O–H groups in total. The molecule has 1 amide bonds. The highest BCUT2D eigenvalue weighted by Crippen LogP contribution is 2.33. The second-order valence-electron chi connectivity index (χ2n) is 6.13. The van der Waals surface area contributed by atoms with Crippen LogP contribution in [-0.4, -0.2) is 48.3 Å². The van der Waals surface area contributed by atoms with E-state index in [0.717, 1.165) is 18.4 Å². The Morgan fingerprint density at radius 2 is 2.00 bits per heavy atom. The molecule has 0 spiro atoms. The zero-order valence-electron chi connectivity index (χ0n) is 12.8. The van der Waals surface area contributed by atoms with Crippen LogP contribution in [0.1, 0.15) is 30.9 Å². The van der Waals surface area contributed by atoms with E-state index in [1.807, 2.05) is 4.90 Å². The molecule has 2 heterocycles. The summed E-state index contributed by atoms with van der Waals surface area (Å²) in [4.78, 5) is 14.3. The summed E-state index contributed by atoms with van der Waals surface area (Å²) in [6, 6.07) is 6.34. The molecule has 0 saturated carbocycles. The summed E-state index contributed by atoms with van der Waals surface area (Å²) < 4.78 is 36.0. The van der Waals surface area contributed by atoms with Crippen molar-refractivity contribution in [3.63, 3.8) is 0 Å². The summed E-state index contributed by atoms with van der Waals surface area (Å²) in [7, 11) is -2.90. The monoisotopic (exact) mass is 357 g/mol. The third kappa shape index (κ3) is 4.07. The van der Waals surface area contributed by atoms with Crippen molar-refractivity contribution in [1.29, 1.82) is 0 Å². The number of hydrogen-bond acceptors (Lipinski definition) is 4. The van der Waals surface area contributed by atoms with Crippen molar-refractivity contribution in [1.82, 2.24) is 4.90 Å². The zero-order valence-corrected chi connectivity index (χ0v) is 14.4. The van der Waals surface area contributed by atoms with Crippen LogP contribution in [0.2, 0.25) is 0 Å². The van der Waals surface area contributed by atoms with Gasteiger partial charge in [-0.3, -0.25) is 4.79 Å². The van der Waals surface area contributed by atoms with Crippen LogP contribution in [0.3, 0.4) is 0 Å². The van der Waals surface area contributed by atoms with Gasteiger partial charge in [-0.15, -0.1) is 11.8 Å². The summed E-state index contributed by atoms with van der Waals surface area (Å²) in [6.07, 6.45) is 2.47. The number of nitrogens with zero attached hydrogens (tertiary/aromatic N) is 1. The molecule has 23 heavy (non-hydrogen) atoms. The second kappa shape index (κ2) is 6.81. The molecular weight excluding hydrogens is 337 g/mol. The number of likely N-dealkylation sites (tertiary alicyclic amines) is 1. The van der Waals surface area contributed by atoms with Crippen LogP contribution in [0, 0.1) is 5.82 Å². The number of thioether (sulfide) groups is 1. The number of sulfone groups is 1. The van der Waals surface area contributed by atoms with Gasteiger partial charge in [-0.1, -0.05) is 12.1 Å². The number of amides is 1. The molecule has 2 aliphatic rings. The van der Waals surface area contributed by atoms with Crippen molar-refractivity contribution in [3.05, 3.63) is 35.6 Å². The van der Waals surface area contributed by atoms with E-state index in [-0.39, 0.29) is 34.5 Å². The third-order valence-corrected chi connectivity index (χ3v) is 7.73. The Morgan fingerprint density at radius 3 is 2.65 bits per heavy atom. The predicted octanol–water partition coefficient (Wildman–Crippen LogP) is 2.41. The number of benzene rings is 1. The van der Waals surface area contributed by atoms with Crippen LogP contribution in [-0.2, 0) is 14.6 Å². The molecule has 1 aromatic rings. The smallest absolute Gasteiger partial charge is 0.233 e. The normalized spacial score (nSPS) is 26.6. The van der Waals surface area contributed by atoms with Gasteiger partial charge in [0.15, 0.2) is 9.84 Å². The van der Waals surface area contributed by atoms with Crippen molar-refractivity contribution in [2.24, 2.45) is 0 Å². The third-order valence-electron chi connectivity index (χ3n) is 4.46. The number of carbonyl (C=O) groups is 1. The first-order valence-electron chi connectivity index (χ1n) is 7.81. The van der Waals surface area contributed by atoms with Crippen LogP contribution in [0.25, 0.3) is 0 Å². The van der Waals surface area contributed by atoms with Gasteiger partial charge in [-0.25, -0.2) is 12.8 Å². The molecule has 0 radical (unpaired) electrons. The maximum atomic E-state index is 13.1. The van der Waals surface area contributed by atoms with Crippen LogP contribution in [0.15, 0.2) is 24.3 Å². The Bertz CT molecular complexity index is 675. The molecule has 2 fully saturated rings. The number of hydrogen-bond donors (Lipinski definition) is 0. The first kappa shape index (κ1) is 16.8. The van der Waals surface area contributed by atoms with E-state index in [0.29, 0.717) is 18.7 Å². The van der Waals surface area contributed by atoms with Gasteiger partial charge in [0.05, 0.1) is 23.3 Å². The average Bonchev–Trinajstić information content (AvgIpc) is 3.12. The molecule has 7 heteroatoms. The lowest BCUT2D eigenvalue weighted by molar-refractivity contribution is -0.129. The molecule has 4 nitrogen and oxygen atoms in total. The summed E-state index contributed by atoms with van der Waals surface area (Å²) in [6.45, 7) is 0.713. The van der Waals surface area contributed by atoms with Gasteiger partial charge in [-0.2, -0.15) is 0 Å². The van der Waals surface area contributed by atoms with Gasteiger partial charge in [0.25, 0.3) is 0 Å². The van der Waals surface area contributed by atoms with Crippen LogP contribution in [0.5, 0.6) is 0 Å². The summed E-state index contributed by atoms with van der Waals surface area (Å²) in [5.41, 5.74) is 0.964. The zero-order chi connectivity index (χ0) is 16.4. The van der Waals surface area contributed by atoms with E-state index in [4.69, 9.17) is 0 Å². The fourth-order valence-electron chi connectivity index (χ4n) is 3.26. The maximum absolute atomic E-state index is 13.1. The van der Waals surface area contributed by atoms with E-state index in [1.165, 1.54) is 23.9 Å². The van der Waals surface area contributed by atoms with Crippen molar-refractivity contribution in [2.75, 3.05) is 23.8 Å². The second-order valence-corrected chi connectivity index (χ2v) is 9.65. The number of halogens is 1. The molecular formula is C16H20FNO3S2. The quantitative estimate of drug-likeness (QED) is 0.830. The summed E-state index contributed by atoms with van der Waals surface area (Å²) in [5, 5.41) is 0.0378.